The Labute approximate surface area is 179 Å². The van der Waals surface area contributed by atoms with Gasteiger partial charge in [-0.25, -0.2) is 8.42 Å². The monoisotopic (exact) mass is 448 g/mol. The second-order valence-corrected chi connectivity index (χ2v) is 8.93. The standard InChI is InChI=1S/C21H18Cl2N2O3S/c1-25(14-15-5-3-2-4-6-15)21(26)19-13-17(9-12-20(19)23)24-29(27,28)18-10-7-16(22)8-11-18/h2-13,24H,14H2,1H3. The lowest BCUT2D eigenvalue weighted by molar-refractivity contribution is 0.0785. The van der Waals surface area contributed by atoms with Gasteiger partial charge in [0.25, 0.3) is 15.9 Å². The van der Waals surface area contributed by atoms with E-state index in [-0.39, 0.29) is 27.1 Å². The summed E-state index contributed by atoms with van der Waals surface area (Å²) in [5, 5.41) is 0.675. The van der Waals surface area contributed by atoms with Crippen molar-refractivity contribution in [1.82, 2.24) is 4.90 Å². The minimum atomic E-state index is -3.83. The molecular weight excluding hydrogens is 431 g/mol. The summed E-state index contributed by atoms with van der Waals surface area (Å²) in [5.41, 5.74) is 1.42. The molecule has 0 heterocycles. The zero-order valence-corrected chi connectivity index (χ0v) is 17.8. The van der Waals surface area contributed by atoms with Crippen molar-refractivity contribution in [3.63, 3.8) is 0 Å². The lowest BCUT2D eigenvalue weighted by Crippen LogP contribution is -2.26. The fourth-order valence-corrected chi connectivity index (χ4v) is 4.09. The topological polar surface area (TPSA) is 66.5 Å². The van der Waals surface area contributed by atoms with Gasteiger partial charge in [0.1, 0.15) is 0 Å². The van der Waals surface area contributed by atoms with E-state index in [2.05, 4.69) is 4.72 Å². The molecule has 0 saturated carbocycles. The zero-order valence-electron chi connectivity index (χ0n) is 15.5. The van der Waals surface area contributed by atoms with Crippen LogP contribution in [0.2, 0.25) is 10.0 Å². The highest BCUT2D eigenvalue weighted by molar-refractivity contribution is 7.92. The van der Waals surface area contributed by atoms with E-state index in [1.165, 1.54) is 47.4 Å². The first-order valence-electron chi connectivity index (χ1n) is 8.63. The molecule has 0 saturated heterocycles. The van der Waals surface area contributed by atoms with Crippen LogP contribution in [0.1, 0.15) is 15.9 Å². The van der Waals surface area contributed by atoms with Crippen LogP contribution in [0.15, 0.2) is 77.7 Å². The Hall–Kier alpha value is -2.54. The quantitative estimate of drug-likeness (QED) is 0.572. The van der Waals surface area contributed by atoms with Crippen LogP contribution in [-0.2, 0) is 16.6 Å². The van der Waals surface area contributed by atoms with Gasteiger partial charge >= 0.3 is 0 Å². The second kappa shape index (κ2) is 8.86. The van der Waals surface area contributed by atoms with E-state index in [1.807, 2.05) is 30.3 Å². The molecule has 0 aliphatic carbocycles. The highest BCUT2D eigenvalue weighted by Gasteiger charge is 2.19. The first-order valence-corrected chi connectivity index (χ1v) is 10.9. The van der Waals surface area contributed by atoms with E-state index < -0.39 is 10.0 Å². The van der Waals surface area contributed by atoms with Crippen molar-refractivity contribution in [2.45, 2.75) is 11.4 Å². The van der Waals surface area contributed by atoms with Gasteiger partial charge in [0.05, 0.1) is 15.5 Å². The molecule has 3 rings (SSSR count). The van der Waals surface area contributed by atoms with E-state index in [1.54, 1.807) is 7.05 Å². The van der Waals surface area contributed by atoms with Crippen LogP contribution < -0.4 is 4.72 Å². The first-order chi connectivity index (χ1) is 13.8. The van der Waals surface area contributed by atoms with E-state index in [4.69, 9.17) is 23.2 Å². The summed E-state index contributed by atoms with van der Waals surface area (Å²) in [4.78, 5) is 14.4. The lowest BCUT2D eigenvalue weighted by atomic mass is 10.1. The summed E-state index contributed by atoms with van der Waals surface area (Å²) in [5.74, 6) is -0.314. The van der Waals surface area contributed by atoms with E-state index >= 15 is 0 Å². The fourth-order valence-electron chi connectivity index (χ4n) is 2.72. The number of nitrogens with zero attached hydrogens (tertiary/aromatic N) is 1. The molecule has 150 valence electrons. The van der Waals surface area contributed by atoms with Crippen molar-refractivity contribution in [1.29, 1.82) is 0 Å². The maximum Gasteiger partial charge on any atom is 0.261 e. The van der Waals surface area contributed by atoms with Gasteiger partial charge in [-0.1, -0.05) is 53.5 Å². The number of hydrogen-bond acceptors (Lipinski definition) is 3. The molecule has 3 aromatic rings. The molecule has 0 radical (unpaired) electrons. The van der Waals surface area contributed by atoms with E-state index in [9.17, 15) is 13.2 Å². The summed E-state index contributed by atoms with van der Waals surface area (Å²) >= 11 is 12.0. The van der Waals surface area contributed by atoms with Crippen LogP contribution in [0, 0.1) is 0 Å². The summed E-state index contributed by atoms with van der Waals surface area (Å²) in [6.45, 7) is 0.400. The molecule has 5 nitrogen and oxygen atoms in total. The SMILES string of the molecule is CN(Cc1ccccc1)C(=O)c1cc(NS(=O)(=O)c2ccc(Cl)cc2)ccc1Cl. The molecule has 0 fully saturated rings. The van der Waals surface area contributed by atoms with E-state index in [0.29, 0.717) is 11.6 Å². The van der Waals surface area contributed by atoms with Gasteiger partial charge in [-0.15, -0.1) is 0 Å². The molecular formula is C21H18Cl2N2O3S. The van der Waals surface area contributed by atoms with Gasteiger partial charge in [0, 0.05) is 24.3 Å². The predicted molar refractivity (Wildman–Crippen MR) is 116 cm³/mol. The maximum atomic E-state index is 12.8. The third kappa shape index (κ3) is 5.29. The van der Waals surface area contributed by atoms with Gasteiger partial charge in [-0.2, -0.15) is 0 Å². The van der Waals surface area contributed by atoms with Crippen LogP contribution in [0.25, 0.3) is 0 Å². The Morgan fingerprint density at radius 2 is 1.62 bits per heavy atom. The van der Waals surface area contributed by atoms with Crippen LogP contribution in [0.5, 0.6) is 0 Å². The Morgan fingerprint density at radius 1 is 0.966 bits per heavy atom. The van der Waals surface area contributed by atoms with Gasteiger partial charge in [0.15, 0.2) is 0 Å². The molecule has 0 spiro atoms. The molecule has 29 heavy (non-hydrogen) atoms. The minimum Gasteiger partial charge on any atom is -0.337 e. The van der Waals surface area contributed by atoms with Gasteiger partial charge in [0.2, 0.25) is 0 Å². The van der Waals surface area contributed by atoms with Crippen molar-refractivity contribution in [3.8, 4) is 0 Å². The Balaban J connectivity index is 1.82. The number of anilines is 1. The van der Waals surface area contributed by atoms with Gasteiger partial charge in [-0.05, 0) is 48.0 Å². The Bertz CT molecular complexity index is 1120. The number of carbonyl (C=O) groups is 1. The van der Waals surface area contributed by atoms with Crippen LogP contribution in [0.4, 0.5) is 5.69 Å². The normalized spacial score (nSPS) is 11.1. The van der Waals surface area contributed by atoms with Crippen molar-refractivity contribution in [2.75, 3.05) is 11.8 Å². The highest BCUT2D eigenvalue weighted by Crippen LogP contribution is 2.25. The average Bonchev–Trinajstić information content (AvgIpc) is 2.70. The third-order valence-corrected chi connectivity index (χ3v) is 6.16. The number of halogens is 2. The lowest BCUT2D eigenvalue weighted by Gasteiger charge is -2.19. The van der Waals surface area contributed by atoms with Crippen LogP contribution in [0.3, 0.4) is 0 Å². The molecule has 0 aromatic heterocycles. The first kappa shape index (κ1) is 21.2. The molecule has 0 aliphatic heterocycles. The number of carbonyl (C=O) groups excluding carboxylic acids is 1. The summed E-state index contributed by atoms with van der Waals surface area (Å²) in [6.07, 6.45) is 0. The number of amides is 1. The number of hydrogen-bond donors (Lipinski definition) is 1. The second-order valence-electron chi connectivity index (χ2n) is 6.40. The molecule has 0 bridgehead atoms. The van der Waals surface area contributed by atoms with Gasteiger partial charge in [-0.3, -0.25) is 9.52 Å². The summed E-state index contributed by atoms with van der Waals surface area (Å²) in [7, 11) is -2.17. The summed E-state index contributed by atoms with van der Waals surface area (Å²) < 4.78 is 27.6. The molecule has 0 aliphatic rings. The van der Waals surface area contributed by atoms with E-state index in [0.717, 1.165) is 5.56 Å². The molecule has 1 amide bonds. The molecule has 3 aromatic carbocycles. The minimum absolute atomic E-state index is 0.0610. The van der Waals surface area contributed by atoms with Crippen LogP contribution >= 0.6 is 23.2 Å². The van der Waals surface area contributed by atoms with Gasteiger partial charge < -0.3 is 4.90 Å². The number of nitrogens with one attached hydrogen (secondary N) is 1. The Kier molecular flexibility index (Phi) is 6.47. The fraction of sp³-hybridized carbons (Fsp3) is 0.0952. The van der Waals surface area contributed by atoms with Crippen molar-refractivity contribution in [2.24, 2.45) is 0 Å². The predicted octanol–water partition coefficient (Wildman–Crippen LogP) is 5.07. The molecule has 1 N–H and O–H groups in total. The number of sulfonamides is 1. The highest BCUT2D eigenvalue weighted by atomic mass is 35.5. The largest absolute Gasteiger partial charge is 0.337 e. The smallest absolute Gasteiger partial charge is 0.261 e. The molecule has 0 unspecified atom stereocenters. The van der Waals surface area contributed by atoms with Crippen molar-refractivity contribution in [3.05, 3.63) is 94.0 Å². The van der Waals surface area contributed by atoms with Crippen molar-refractivity contribution < 1.29 is 13.2 Å². The van der Waals surface area contributed by atoms with Crippen molar-refractivity contribution >= 4 is 44.8 Å². The summed E-state index contributed by atoms with van der Waals surface area (Å²) in [6, 6.07) is 19.7. The Morgan fingerprint density at radius 3 is 2.28 bits per heavy atom. The average molecular weight is 449 g/mol. The van der Waals surface area contributed by atoms with Crippen LogP contribution in [-0.4, -0.2) is 26.3 Å². The third-order valence-electron chi connectivity index (χ3n) is 4.18. The molecule has 0 atom stereocenters. The molecule has 8 heteroatoms. The number of rotatable bonds is 6. The zero-order chi connectivity index (χ0) is 21.0. The maximum absolute atomic E-state index is 12.8. The number of benzene rings is 3.